The van der Waals surface area contributed by atoms with E-state index in [2.05, 4.69) is 6.07 Å². The fourth-order valence-electron chi connectivity index (χ4n) is 1.74. The fraction of sp³-hybridized carbons (Fsp3) is 0.200. The number of benzene rings is 2. The molecular weight excluding hydrogens is 224 g/mol. The average Bonchev–Trinajstić information content (AvgIpc) is 2.40. The Morgan fingerprint density at radius 3 is 2.44 bits per heavy atom. The highest BCUT2D eigenvalue weighted by molar-refractivity contribution is 5.43. The normalized spacial score (nSPS) is 10.3. The van der Waals surface area contributed by atoms with Crippen molar-refractivity contribution in [1.29, 1.82) is 0 Å². The predicted molar refractivity (Wildman–Crippen MR) is 74.7 cm³/mol. The predicted octanol–water partition coefficient (Wildman–Crippen LogP) is 2.95. The summed E-state index contributed by atoms with van der Waals surface area (Å²) in [5, 5.41) is 0. The molecule has 0 atom stereocenters. The van der Waals surface area contributed by atoms with Gasteiger partial charge in [0.05, 0.1) is 0 Å². The van der Waals surface area contributed by atoms with E-state index in [0.29, 0.717) is 6.54 Å². The van der Waals surface area contributed by atoms with E-state index >= 15 is 0 Å². The van der Waals surface area contributed by atoms with E-state index < -0.39 is 0 Å². The molecule has 0 heterocycles. The average molecular weight is 242 g/mol. The summed E-state index contributed by atoms with van der Waals surface area (Å²) in [6.07, 6.45) is 1.97. The first-order valence-corrected chi connectivity index (χ1v) is 6.10. The lowest BCUT2D eigenvalue weighted by molar-refractivity contribution is 0.482. The summed E-state index contributed by atoms with van der Waals surface area (Å²) in [7, 11) is 0. The molecule has 0 aliphatic heterocycles. The van der Waals surface area contributed by atoms with Gasteiger partial charge in [0, 0.05) is 5.69 Å². The maximum absolute atomic E-state index is 5.77. The van der Waals surface area contributed by atoms with E-state index in [1.54, 1.807) is 0 Å². The van der Waals surface area contributed by atoms with Crippen molar-refractivity contribution in [3.8, 4) is 11.5 Å². The highest BCUT2D eigenvalue weighted by Gasteiger charge is 1.99. The topological polar surface area (TPSA) is 61.3 Å². The fourth-order valence-corrected chi connectivity index (χ4v) is 1.74. The Kier molecular flexibility index (Phi) is 4.20. The highest BCUT2D eigenvalue weighted by atomic mass is 16.5. The van der Waals surface area contributed by atoms with Crippen molar-refractivity contribution in [2.45, 2.75) is 12.8 Å². The second-order valence-corrected chi connectivity index (χ2v) is 4.21. The molecule has 0 radical (unpaired) electrons. The van der Waals surface area contributed by atoms with Crippen molar-refractivity contribution in [2.24, 2.45) is 5.73 Å². The molecule has 2 aromatic carbocycles. The van der Waals surface area contributed by atoms with Crippen LogP contribution in [0.15, 0.2) is 48.5 Å². The molecule has 0 aromatic heterocycles. The Labute approximate surface area is 107 Å². The molecule has 4 N–H and O–H groups in total. The van der Waals surface area contributed by atoms with Crippen molar-refractivity contribution in [1.82, 2.24) is 0 Å². The van der Waals surface area contributed by atoms with Crippen LogP contribution in [0, 0.1) is 0 Å². The number of nitrogens with two attached hydrogens (primary N) is 2. The van der Waals surface area contributed by atoms with Crippen LogP contribution in [0.1, 0.15) is 12.0 Å². The van der Waals surface area contributed by atoms with E-state index in [1.165, 1.54) is 5.56 Å². The molecular formula is C15H18N2O. The van der Waals surface area contributed by atoms with Gasteiger partial charge in [-0.2, -0.15) is 0 Å². The van der Waals surface area contributed by atoms with Gasteiger partial charge in [-0.1, -0.05) is 12.1 Å². The Balaban J connectivity index is 2.06. The molecule has 0 saturated heterocycles. The summed E-state index contributed by atoms with van der Waals surface area (Å²) in [4.78, 5) is 0. The second-order valence-electron chi connectivity index (χ2n) is 4.21. The molecule has 0 fully saturated rings. The van der Waals surface area contributed by atoms with Gasteiger partial charge in [-0.3, -0.25) is 0 Å². The first kappa shape index (κ1) is 12.5. The molecule has 0 bridgehead atoms. The van der Waals surface area contributed by atoms with Crippen molar-refractivity contribution in [3.63, 3.8) is 0 Å². The quantitative estimate of drug-likeness (QED) is 0.792. The maximum Gasteiger partial charge on any atom is 0.127 e. The van der Waals surface area contributed by atoms with Crippen molar-refractivity contribution < 1.29 is 4.74 Å². The van der Waals surface area contributed by atoms with Crippen molar-refractivity contribution >= 4 is 5.69 Å². The molecule has 0 spiro atoms. The monoisotopic (exact) mass is 242 g/mol. The summed E-state index contributed by atoms with van der Waals surface area (Å²) >= 11 is 0. The molecule has 0 amide bonds. The third-order valence-corrected chi connectivity index (χ3v) is 2.68. The lowest BCUT2D eigenvalue weighted by Gasteiger charge is -2.07. The smallest absolute Gasteiger partial charge is 0.127 e. The molecule has 18 heavy (non-hydrogen) atoms. The Morgan fingerprint density at radius 2 is 1.72 bits per heavy atom. The maximum atomic E-state index is 5.77. The van der Waals surface area contributed by atoms with E-state index in [9.17, 15) is 0 Å². The number of hydrogen-bond donors (Lipinski definition) is 2. The summed E-state index contributed by atoms with van der Waals surface area (Å²) in [6, 6.07) is 15.5. The van der Waals surface area contributed by atoms with Crippen LogP contribution in [0.25, 0.3) is 0 Å². The Hall–Kier alpha value is -2.00. The van der Waals surface area contributed by atoms with Crippen LogP contribution in [-0.4, -0.2) is 6.54 Å². The van der Waals surface area contributed by atoms with Gasteiger partial charge >= 0.3 is 0 Å². The molecule has 3 heteroatoms. The van der Waals surface area contributed by atoms with Crippen LogP contribution >= 0.6 is 0 Å². The van der Waals surface area contributed by atoms with Crippen molar-refractivity contribution in [2.75, 3.05) is 12.3 Å². The van der Waals surface area contributed by atoms with Crippen LogP contribution < -0.4 is 16.2 Å². The molecule has 3 nitrogen and oxygen atoms in total. The SMILES string of the molecule is NCCCc1cccc(Oc2ccc(N)cc2)c1. The standard InChI is InChI=1S/C15H18N2O/c16-10-2-4-12-3-1-5-15(11-12)18-14-8-6-13(17)7-9-14/h1,3,5-9,11H,2,4,10,16-17H2. The van der Waals surface area contributed by atoms with Gasteiger partial charge in [0.15, 0.2) is 0 Å². The number of rotatable bonds is 5. The Morgan fingerprint density at radius 1 is 0.944 bits per heavy atom. The molecule has 0 unspecified atom stereocenters. The summed E-state index contributed by atoms with van der Waals surface area (Å²) < 4.78 is 5.77. The van der Waals surface area contributed by atoms with Crippen LogP contribution in [0.2, 0.25) is 0 Å². The second kappa shape index (κ2) is 6.07. The van der Waals surface area contributed by atoms with Gasteiger partial charge < -0.3 is 16.2 Å². The number of nitrogen functional groups attached to an aromatic ring is 1. The number of ether oxygens (including phenoxy) is 1. The molecule has 94 valence electrons. The zero-order chi connectivity index (χ0) is 12.8. The number of aryl methyl sites for hydroxylation is 1. The van der Waals surface area contributed by atoms with Crippen molar-refractivity contribution in [3.05, 3.63) is 54.1 Å². The lowest BCUT2D eigenvalue weighted by Crippen LogP contribution is -2.00. The Bertz CT molecular complexity index is 494. The highest BCUT2D eigenvalue weighted by Crippen LogP contribution is 2.23. The van der Waals surface area contributed by atoms with Crippen LogP contribution in [0.3, 0.4) is 0 Å². The van der Waals surface area contributed by atoms with Gasteiger partial charge in [0.1, 0.15) is 11.5 Å². The minimum atomic E-state index is 0.711. The van der Waals surface area contributed by atoms with Gasteiger partial charge in [-0.15, -0.1) is 0 Å². The summed E-state index contributed by atoms with van der Waals surface area (Å²) in [6.45, 7) is 0.711. The summed E-state index contributed by atoms with van der Waals surface area (Å²) in [5.41, 5.74) is 13.1. The minimum absolute atomic E-state index is 0.711. The van der Waals surface area contributed by atoms with E-state index in [0.717, 1.165) is 30.0 Å². The van der Waals surface area contributed by atoms with Gasteiger partial charge in [0.25, 0.3) is 0 Å². The van der Waals surface area contributed by atoms with Gasteiger partial charge in [-0.05, 0) is 61.3 Å². The molecule has 2 aromatic rings. The van der Waals surface area contributed by atoms with Crippen LogP contribution in [0.5, 0.6) is 11.5 Å². The van der Waals surface area contributed by atoms with E-state index in [-0.39, 0.29) is 0 Å². The zero-order valence-electron chi connectivity index (χ0n) is 10.3. The number of hydrogen-bond acceptors (Lipinski definition) is 3. The zero-order valence-corrected chi connectivity index (χ0v) is 10.3. The molecule has 0 saturated carbocycles. The third kappa shape index (κ3) is 3.50. The lowest BCUT2D eigenvalue weighted by atomic mass is 10.1. The van der Waals surface area contributed by atoms with Gasteiger partial charge in [-0.25, -0.2) is 0 Å². The molecule has 0 aliphatic carbocycles. The van der Waals surface area contributed by atoms with Crippen LogP contribution in [-0.2, 0) is 6.42 Å². The van der Waals surface area contributed by atoms with Gasteiger partial charge in [0.2, 0.25) is 0 Å². The first-order chi connectivity index (χ1) is 8.78. The minimum Gasteiger partial charge on any atom is -0.457 e. The first-order valence-electron chi connectivity index (χ1n) is 6.10. The molecule has 0 aliphatic rings. The summed E-state index contributed by atoms with van der Waals surface area (Å²) in [5.74, 6) is 1.63. The third-order valence-electron chi connectivity index (χ3n) is 2.68. The number of anilines is 1. The van der Waals surface area contributed by atoms with E-state index in [1.807, 2.05) is 42.5 Å². The molecule has 2 rings (SSSR count). The van der Waals surface area contributed by atoms with E-state index in [4.69, 9.17) is 16.2 Å². The largest absolute Gasteiger partial charge is 0.457 e. The van der Waals surface area contributed by atoms with Crippen LogP contribution in [0.4, 0.5) is 5.69 Å².